The first-order valence-electron chi connectivity index (χ1n) is 6.05. The third-order valence-corrected chi connectivity index (χ3v) is 2.65. The molecule has 7 nitrogen and oxygen atoms in total. The van der Waals surface area contributed by atoms with Crippen molar-refractivity contribution in [3.05, 3.63) is 34.4 Å². The van der Waals surface area contributed by atoms with Gasteiger partial charge in [-0.25, -0.2) is 0 Å². The fourth-order valence-corrected chi connectivity index (χ4v) is 1.54. The number of anilines is 1. The molecule has 5 N–H and O–H groups in total. The zero-order valence-electron chi connectivity index (χ0n) is 11.4. The van der Waals surface area contributed by atoms with Crippen LogP contribution in [0.1, 0.15) is 19.3 Å². The summed E-state index contributed by atoms with van der Waals surface area (Å²) >= 11 is 0. The third-order valence-electron chi connectivity index (χ3n) is 2.65. The van der Waals surface area contributed by atoms with E-state index in [0.29, 0.717) is 18.7 Å². The van der Waals surface area contributed by atoms with E-state index in [1.807, 2.05) is 0 Å². The minimum atomic E-state index is -0.596. The molecule has 1 amide bonds. The number of nitrogens with one attached hydrogen (secondary N) is 1. The first kappa shape index (κ1) is 22.3. The van der Waals surface area contributed by atoms with Gasteiger partial charge in [-0.05, 0) is 31.5 Å². The summed E-state index contributed by atoms with van der Waals surface area (Å²) in [5.41, 5.74) is 11.5. The van der Waals surface area contributed by atoms with Crippen molar-refractivity contribution >= 4 is 51.2 Å². The number of amides is 1. The minimum absolute atomic E-state index is 0. The molecule has 0 aliphatic rings. The van der Waals surface area contributed by atoms with Crippen molar-refractivity contribution in [3.8, 4) is 0 Å². The van der Waals surface area contributed by atoms with Gasteiger partial charge >= 0.3 is 0 Å². The Bertz CT molecular complexity index is 443. The molecule has 0 aliphatic carbocycles. The topological polar surface area (TPSA) is 124 Å². The molecule has 0 aromatic heterocycles. The smallest absolute Gasteiger partial charge is 0.269 e. The quantitative estimate of drug-likeness (QED) is 0.349. The number of carbonyl (C=O) groups excluding carboxylic acids is 1. The van der Waals surface area contributed by atoms with Gasteiger partial charge in [0, 0.05) is 17.8 Å². The fourth-order valence-electron chi connectivity index (χ4n) is 1.54. The number of benzene rings is 1. The van der Waals surface area contributed by atoms with E-state index in [0.717, 1.165) is 12.8 Å². The minimum Gasteiger partial charge on any atom is -0.330 e. The van der Waals surface area contributed by atoms with Crippen molar-refractivity contribution < 1.29 is 9.72 Å². The van der Waals surface area contributed by atoms with E-state index in [1.165, 1.54) is 24.3 Å². The van der Waals surface area contributed by atoms with Crippen molar-refractivity contribution in [2.45, 2.75) is 25.3 Å². The van der Waals surface area contributed by atoms with Crippen LogP contribution in [0.15, 0.2) is 24.3 Å². The number of nitrogens with zero attached hydrogens (tertiary/aromatic N) is 1. The average Bonchev–Trinajstić information content (AvgIpc) is 2.39. The number of unbranched alkanes of at least 4 members (excludes halogenated alkanes) is 1. The maximum absolute atomic E-state index is 11.7. The van der Waals surface area contributed by atoms with E-state index in [2.05, 4.69) is 5.32 Å². The molecule has 120 valence electrons. The Kier molecular flexibility index (Phi) is 12.3. The molecule has 0 spiro atoms. The third kappa shape index (κ3) is 8.10. The van der Waals surface area contributed by atoms with Crippen molar-refractivity contribution in [1.29, 1.82) is 0 Å². The van der Waals surface area contributed by atoms with E-state index in [9.17, 15) is 14.9 Å². The second-order valence-corrected chi connectivity index (χ2v) is 4.18. The van der Waals surface area contributed by atoms with Gasteiger partial charge in [0.25, 0.3) is 5.69 Å². The van der Waals surface area contributed by atoms with Crippen LogP contribution in [0.4, 0.5) is 11.4 Å². The summed E-state index contributed by atoms with van der Waals surface area (Å²) in [7, 11) is 0. The standard InChI is InChI=1S/C12H18N4O3.2BrH/c13-8-2-1-3-11(14)12(17)15-9-4-6-10(7-5-9)16(18)19;;/h4-7,11H,1-3,8,13-14H2,(H,15,17);2*1H/t11-;;/m0../s1. The molecule has 1 rings (SSSR count). The summed E-state index contributed by atoms with van der Waals surface area (Å²) in [6.45, 7) is 0.580. The molecular formula is C12H20Br2N4O3. The highest BCUT2D eigenvalue weighted by molar-refractivity contribution is 8.93. The average molecular weight is 428 g/mol. The summed E-state index contributed by atoms with van der Waals surface area (Å²) in [5, 5.41) is 13.1. The zero-order valence-corrected chi connectivity index (χ0v) is 14.8. The summed E-state index contributed by atoms with van der Waals surface area (Å²) in [6, 6.07) is 5.01. The summed E-state index contributed by atoms with van der Waals surface area (Å²) in [4.78, 5) is 21.7. The molecule has 1 aromatic rings. The first-order chi connectivity index (χ1) is 9.04. The van der Waals surface area contributed by atoms with Gasteiger partial charge < -0.3 is 16.8 Å². The Morgan fingerprint density at radius 2 is 1.81 bits per heavy atom. The molecule has 0 aliphatic heterocycles. The highest BCUT2D eigenvalue weighted by atomic mass is 79.9. The van der Waals surface area contributed by atoms with Gasteiger partial charge in [0.15, 0.2) is 0 Å². The monoisotopic (exact) mass is 426 g/mol. The lowest BCUT2D eigenvalue weighted by Crippen LogP contribution is -2.35. The molecule has 0 unspecified atom stereocenters. The predicted molar refractivity (Wildman–Crippen MR) is 93.3 cm³/mol. The number of hydrogen-bond donors (Lipinski definition) is 3. The predicted octanol–water partition coefficient (Wildman–Crippen LogP) is 2.15. The van der Waals surface area contributed by atoms with Gasteiger partial charge in [-0.15, -0.1) is 34.0 Å². The van der Waals surface area contributed by atoms with Crippen molar-refractivity contribution in [2.75, 3.05) is 11.9 Å². The van der Waals surface area contributed by atoms with Crippen LogP contribution in [-0.4, -0.2) is 23.4 Å². The molecule has 0 radical (unpaired) electrons. The van der Waals surface area contributed by atoms with E-state index in [-0.39, 0.29) is 45.6 Å². The summed E-state index contributed by atoms with van der Waals surface area (Å²) in [6.07, 6.45) is 2.19. The van der Waals surface area contributed by atoms with Gasteiger partial charge in [-0.1, -0.05) is 6.42 Å². The van der Waals surface area contributed by atoms with Crippen LogP contribution < -0.4 is 16.8 Å². The molecule has 9 heteroatoms. The lowest BCUT2D eigenvalue weighted by Gasteiger charge is -2.11. The van der Waals surface area contributed by atoms with Gasteiger partial charge in [-0.3, -0.25) is 14.9 Å². The number of hydrogen-bond acceptors (Lipinski definition) is 5. The maximum Gasteiger partial charge on any atom is 0.269 e. The van der Waals surface area contributed by atoms with Crippen molar-refractivity contribution in [3.63, 3.8) is 0 Å². The number of nitro groups is 1. The first-order valence-corrected chi connectivity index (χ1v) is 6.05. The summed E-state index contributed by atoms with van der Waals surface area (Å²) in [5.74, 6) is -0.300. The van der Waals surface area contributed by atoms with Crippen LogP contribution in [-0.2, 0) is 4.79 Å². The lowest BCUT2D eigenvalue weighted by molar-refractivity contribution is -0.384. The van der Waals surface area contributed by atoms with Crippen LogP contribution in [0.2, 0.25) is 0 Å². The van der Waals surface area contributed by atoms with Crippen LogP contribution in [0.5, 0.6) is 0 Å². The van der Waals surface area contributed by atoms with Crippen LogP contribution in [0.3, 0.4) is 0 Å². The molecule has 0 fully saturated rings. The number of halogens is 2. The van der Waals surface area contributed by atoms with Crippen LogP contribution in [0.25, 0.3) is 0 Å². The molecule has 0 saturated carbocycles. The highest BCUT2D eigenvalue weighted by Crippen LogP contribution is 2.15. The van der Waals surface area contributed by atoms with E-state index in [4.69, 9.17) is 11.5 Å². The molecule has 21 heavy (non-hydrogen) atoms. The van der Waals surface area contributed by atoms with Crippen molar-refractivity contribution in [2.24, 2.45) is 11.5 Å². The highest BCUT2D eigenvalue weighted by Gasteiger charge is 2.13. The van der Waals surface area contributed by atoms with Gasteiger partial charge in [0.1, 0.15) is 0 Å². The molecule has 0 bridgehead atoms. The number of carbonyl (C=O) groups is 1. The van der Waals surface area contributed by atoms with E-state index < -0.39 is 11.0 Å². The fraction of sp³-hybridized carbons (Fsp3) is 0.417. The SMILES string of the molecule is Br.Br.NCCCC[C@H](N)C(=O)Nc1ccc([N+](=O)[O-])cc1. The Morgan fingerprint density at radius 3 is 2.29 bits per heavy atom. The number of nitrogens with two attached hydrogens (primary N) is 2. The second kappa shape index (κ2) is 11.6. The molecular weight excluding hydrogens is 408 g/mol. The molecule has 0 heterocycles. The second-order valence-electron chi connectivity index (χ2n) is 4.18. The Hall–Kier alpha value is -1.03. The largest absolute Gasteiger partial charge is 0.330 e. The summed E-state index contributed by atoms with van der Waals surface area (Å²) < 4.78 is 0. The molecule has 1 aromatic carbocycles. The Balaban J connectivity index is 0. The van der Waals surface area contributed by atoms with Crippen LogP contribution >= 0.6 is 34.0 Å². The molecule has 1 atom stereocenters. The maximum atomic E-state index is 11.7. The van der Waals surface area contributed by atoms with E-state index >= 15 is 0 Å². The Labute approximate surface area is 144 Å². The van der Waals surface area contributed by atoms with Crippen molar-refractivity contribution in [1.82, 2.24) is 0 Å². The number of non-ortho nitro benzene ring substituents is 1. The Morgan fingerprint density at radius 1 is 1.24 bits per heavy atom. The van der Waals surface area contributed by atoms with Gasteiger partial charge in [-0.2, -0.15) is 0 Å². The lowest BCUT2D eigenvalue weighted by atomic mass is 10.1. The number of nitro benzene ring substituents is 1. The van der Waals surface area contributed by atoms with E-state index in [1.54, 1.807) is 0 Å². The number of rotatable bonds is 7. The zero-order chi connectivity index (χ0) is 14.3. The van der Waals surface area contributed by atoms with Crippen LogP contribution in [0, 0.1) is 10.1 Å². The van der Waals surface area contributed by atoms with Gasteiger partial charge in [0.05, 0.1) is 11.0 Å². The van der Waals surface area contributed by atoms with Gasteiger partial charge in [0.2, 0.25) is 5.91 Å². The normalized spacial score (nSPS) is 10.8. The molecule has 0 saturated heterocycles.